The zero-order chi connectivity index (χ0) is 26.3. The van der Waals surface area contributed by atoms with Crippen LogP contribution in [0.5, 0.6) is 0 Å². The Morgan fingerprint density at radius 3 is 1.41 bits per heavy atom. The summed E-state index contributed by atoms with van der Waals surface area (Å²) in [7, 11) is 0. The highest BCUT2D eigenvalue weighted by Crippen LogP contribution is 2.39. The summed E-state index contributed by atoms with van der Waals surface area (Å²) in [5.41, 5.74) is -0.0396. The van der Waals surface area contributed by atoms with Crippen LogP contribution in [0.25, 0.3) is 0 Å². The normalized spacial score (nSPS) is 15.7. The van der Waals surface area contributed by atoms with Gasteiger partial charge in [0.2, 0.25) is 11.8 Å². The molecule has 2 unspecified atom stereocenters. The van der Waals surface area contributed by atoms with Gasteiger partial charge in [-0.05, 0) is 70.1 Å². The van der Waals surface area contributed by atoms with Gasteiger partial charge in [-0.25, -0.2) is 0 Å². The number of carbonyl (C=O) groups is 2. The Morgan fingerprint density at radius 2 is 1.16 bits per heavy atom. The molecule has 0 aliphatic rings. The molecule has 2 atom stereocenters. The quantitative estimate of drug-likeness (QED) is 0.426. The minimum Gasteiger partial charge on any atom is -0.353 e. The Balaban J connectivity index is 0. The molecule has 0 spiro atoms. The molecule has 0 aliphatic carbocycles. The molecule has 2 amide bonds. The van der Waals surface area contributed by atoms with E-state index in [1.54, 1.807) is 0 Å². The van der Waals surface area contributed by atoms with Gasteiger partial charge in [0, 0.05) is 22.9 Å². The van der Waals surface area contributed by atoms with E-state index in [-0.39, 0.29) is 45.6 Å². The van der Waals surface area contributed by atoms with Crippen LogP contribution in [-0.2, 0) is 9.59 Å². The molecule has 0 aromatic heterocycles. The molecule has 192 valence electrons. The topological polar surface area (TPSA) is 58.2 Å². The smallest absolute Gasteiger partial charge is 0.226 e. The van der Waals surface area contributed by atoms with E-state index < -0.39 is 0 Å². The number of hydrogen-bond donors (Lipinski definition) is 2. The van der Waals surface area contributed by atoms with Gasteiger partial charge in [-0.15, -0.1) is 0 Å². The predicted molar refractivity (Wildman–Crippen MR) is 141 cm³/mol. The number of nitrogens with one attached hydrogen (secondary N) is 2. The Hall–Kier alpha value is -1.06. The first kappa shape index (κ1) is 33.1. The number of hydrogen-bond acceptors (Lipinski definition) is 2. The molecule has 0 aromatic carbocycles. The van der Waals surface area contributed by atoms with E-state index in [4.69, 9.17) is 0 Å². The fourth-order valence-corrected chi connectivity index (χ4v) is 3.83. The zero-order valence-electron chi connectivity index (χ0n) is 24.5. The lowest BCUT2D eigenvalue weighted by Gasteiger charge is -2.38. The molecule has 32 heavy (non-hydrogen) atoms. The average Bonchev–Trinajstić information content (AvgIpc) is 2.47. The van der Waals surface area contributed by atoms with E-state index in [2.05, 4.69) is 86.8 Å². The predicted octanol–water partition coefficient (Wildman–Crippen LogP) is 7.22. The van der Waals surface area contributed by atoms with Gasteiger partial charge in [0.15, 0.2) is 0 Å². The van der Waals surface area contributed by atoms with Gasteiger partial charge < -0.3 is 10.6 Å². The van der Waals surface area contributed by atoms with E-state index >= 15 is 0 Å². The summed E-state index contributed by atoms with van der Waals surface area (Å²) in [5, 5.41) is 6.13. The minimum atomic E-state index is -0.275. The maximum Gasteiger partial charge on any atom is 0.226 e. The van der Waals surface area contributed by atoms with Gasteiger partial charge in [-0.3, -0.25) is 9.59 Å². The molecular weight excluding hydrogens is 396 g/mol. The molecule has 4 nitrogen and oxygen atoms in total. The molecular formula is C28H58N2O2. The summed E-state index contributed by atoms with van der Waals surface area (Å²) >= 11 is 0. The third-order valence-corrected chi connectivity index (χ3v) is 5.58. The minimum absolute atomic E-state index is 0.110. The van der Waals surface area contributed by atoms with Crippen LogP contribution in [0.2, 0.25) is 0 Å². The summed E-state index contributed by atoms with van der Waals surface area (Å²) in [6, 6.07) is 0.213. The van der Waals surface area contributed by atoms with Crippen molar-refractivity contribution in [3.8, 4) is 0 Å². The van der Waals surface area contributed by atoms with Gasteiger partial charge in [0.25, 0.3) is 0 Å². The second kappa shape index (κ2) is 12.4. The van der Waals surface area contributed by atoms with Crippen molar-refractivity contribution in [3.63, 3.8) is 0 Å². The van der Waals surface area contributed by atoms with Crippen molar-refractivity contribution in [2.24, 2.45) is 34.0 Å². The summed E-state index contributed by atoms with van der Waals surface area (Å²) in [6.45, 7) is 33.8. The second-order valence-electron chi connectivity index (χ2n) is 14.3. The van der Waals surface area contributed by atoms with Gasteiger partial charge >= 0.3 is 0 Å². The van der Waals surface area contributed by atoms with Crippen molar-refractivity contribution in [1.29, 1.82) is 0 Å². The Labute approximate surface area is 201 Å². The first-order valence-corrected chi connectivity index (χ1v) is 12.5. The summed E-state index contributed by atoms with van der Waals surface area (Å²) in [4.78, 5) is 24.5. The molecule has 0 bridgehead atoms. The first-order valence-electron chi connectivity index (χ1n) is 12.5. The van der Waals surface area contributed by atoms with Crippen LogP contribution in [0.4, 0.5) is 0 Å². The van der Waals surface area contributed by atoms with Gasteiger partial charge in [-0.2, -0.15) is 0 Å². The van der Waals surface area contributed by atoms with Crippen LogP contribution in [0.1, 0.15) is 124 Å². The van der Waals surface area contributed by atoms with E-state index in [1.165, 1.54) is 0 Å². The van der Waals surface area contributed by atoms with Crippen LogP contribution >= 0.6 is 0 Å². The van der Waals surface area contributed by atoms with Crippen molar-refractivity contribution < 1.29 is 9.59 Å². The van der Waals surface area contributed by atoms with Crippen molar-refractivity contribution >= 4 is 11.8 Å². The lowest BCUT2D eigenvalue weighted by Crippen LogP contribution is -2.46. The molecule has 0 aliphatic heterocycles. The average molecular weight is 455 g/mol. The Bertz CT molecular complexity index is 572. The van der Waals surface area contributed by atoms with Crippen LogP contribution in [0, 0.1) is 34.0 Å². The number of amides is 2. The van der Waals surface area contributed by atoms with Crippen LogP contribution < -0.4 is 10.6 Å². The largest absolute Gasteiger partial charge is 0.353 e. The lowest BCUT2D eigenvalue weighted by molar-refractivity contribution is -0.135. The Kier molecular flexibility index (Phi) is 12.8. The van der Waals surface area contributed by atoms with Crippen molar-refractivity contribution in [2.75, 3.05) is 0 Å². The van der Waals surface area contributed by atoms with Crippen molar-refractivity contribution in [1.82, 2.24) is 10.6 Å². The lowest BCUT2D eigenvalue weighted by atomic mass is 9.68. The summed E-state index contributed by atoms with van der Waals surface area (Å²) in [5.74, 6) is 1.23. The third kappa shape index (κ3) is 14.9. The standard InChI is InChI=1S/2C14H29NO/c1-10(2)11(9-13(3,4)5)12(16)15-14(6,7)8;1-10(2)14(8,9-13(5,6)7)12(16)15-11(3)4/h2*10-11H,9H2,1-8H3,(H,15,16). The molecule has 0 saturated carbocycles. The highest BCUT2D eigenvalue weighted by molar-refractivity contribution is 5.82. The molecule has 0 radical (unpaired) electrons. The van der Waals surface area contributed by atoms with E-state index in [1.807, 2.05) is 34.6 Å². The van der Waals surface area contributed by atoms with Crippen LogP contribution in [-0.4, -0.2) is 23.4 Å². The highest BCUT2D eigenvalue weighted by Gasteiger charge is 2.39. The molecule has 0 aromatic rings. The fourth-order valence-electron chi connectivity index (χ4n) is 3.83. The highest BCUT2D eigenvalue weighted by atomic mass is 16.2. The third-order valence-electron chi connectivity index (χ3n) is 5.58. The number of carbonyl (C=O) groups excluding carboxylic acids is 2. The monoisotopic (exact) mass is 454 g/mol. The maximum absolute atomic E-state index is 12.3. The van der Waals surface area contributed by atoms with Crippen molar-refractivity contribution in [3.05, 3.63) is 0 Å². The molecule has 4 heteroatoms. The molecule has 0 rings (SSSR count). The molecule has 0 fully saturated rings. The maximum atomic E-state index is 12.3. The van der Waals surface area contributed by atoms with E-state index in [0.29, 0.717) is 11.8 Å². The van der Waals surface area contributed by atoms with Gasteiger partial charge in [0.1, 0.15) is 0 Å². The first-order chi connectivity index (χ1) is 13.9. The van der Waals surface area contributed by atoms with Gasteiger partial charge in [0.05, 0.1) is 0 Å². The Morgan fingerprint density at radius 1 is 0.719 bits per heavy atom. The second-order valence-corrected chi connectivity index (χ2v) is 14.3. The van der Waals surface area contributed by atoms with Crippen molar-refractivity contribution in [2.45, 2.75) is 135 Å². The van der Waals surface area contributed by atoms with E-state index in [9.17, 15) is 9.59 Å². The van der Waals surface area contributed by atoms with E-state index in [0.717, 1.165) is 12.8 Å². The molecule has 0 heterocycles. The summed E-state index contributed by atoms with van der Waals surface area (Å²) < 4.78 is 0. The SMILES string of the molecule is CC(C)C(CC(C)(C)C)C(=O)NC(C)(C)C.CC(C)NC(=O)C(C)(CC(C)(C)C)C(C)C. The number of rotatable bonds is 7. The zero-order valence-corrected chi connectivity index (χ0v) is 24.5. The molecule has 2 N–H and O–H groups in total. The van der Waals surface area contributed by atoms with Gasteiger partial charge in [-0.1, -0.05) is 76.2 Å². The fraction of sp³-hybridized carbons (Fsp3) is 0.929. The van der Waals surface area contributed by atoms with Crippen LogP contribution in [0.15, 0.2) is 0 Å². The molecule has 0 saturated heterocycles. The summed E-state index contributed by atoms with van der Waals surface area (Å²) in [6.07, 6.45) is 1.85. The van der Waals surface area contributed by atoms with Crippen LogP contribution in [0.3, 0.4) is 0 Å².